The van der Waals surface area contributed by atoms with Crippen molar-refractivity contribution in [1.29, 1.82) is 0 Å². The molecule has 0 aliphatic carbocycles. The Morgan fingerprint density at radius 2 is 1.77 bits per heavy atom. The number of ether oxygens (including phenoxy) is 1. The van der Waals surface area contributed by atoms with Gasteiger partial charge >= 0.3 is 12.0 Å². The highest BCUT2D eigenvalue weighted by Gasteiger charge is 2.44. The first-order valence-electron chi connectivity index (χ1n) is 14.8. The lowest BCUT2D eigenvalue weighted by Gasteiger charge is -2.39. The van der Waals surface area contributed by atoms with Gasteiger partial charge in [-0.15, -0.1) is 0 Å². The smallest absolute Gasteiger partial charge is 0.335 e. The fraction of sp³-hybridized carbons (Fsp3) is 0.581. The largest absolute Gasteiger partial charge is 0.478 e. The molecule has 40 heavy (non-hydrogen) atoms. The van der Waals surface area contributed by atoms with Gasteiger partial charge in [-0.3, -0.25) is 4.90 Å². The maximum atomic E-state index is 13.7. The summed E-state index contributed by atoms with van der Waals surface area (Å²) in [6, 6.07) is 12.4. The average Bonchev–Trinajstić information content (AvgIpc) is 3.30. The summed E-state index contributed by atoms with van der Waals surface area (Å²) in [5.41, 5.74) is 2.54. The molecule has 1 aromatic heterocycles. The number of amides is 2. The highest BCUT2D eigenvalue weighted by Crippen LogP contribution is 2.32. The van der Waals surface area contributed by atoms with Crippen molar-refractivity contribution in [2.75, 3.05) is 32.8 Å². The summed E-state index contributed by atoms with van der Waals surface area (Å²) >= 11 is 1.54. The number of urea groups is 1. The van der Waals surface area contributed by atoms with Gasteiger partial charge in [0.05, 0.1) is 11.6 Å². The van der Waals surface area contributed by atoms with Crippen LogP contribution in [0.15, 0.2) is 46.3 Å². The van der Waals surface area contributed by atoms with E-state index in [1.165, 1.54) is 12.0 Å². The third-order valence-electron chi connectivity index (χ3n) is 8.63. The summed E-state index contributed by atoms with van der Waals surface area (Å²) in [6.45, 7) is 9.53. The van der Waals surface area contributed by atoms with Crippen LogP contribution in [0.5, 0.6) is 0 Å². The lowest BCUT2D eigenvalue weighted by atomic mass is 9.99. The number of unbranched alkanes of at least 4 members (excludes halogenated alkanes) is 1. The zero-order valence-corrected chi connectivity index (χ0v) is 24.6. The third-order valence-corrected chi connectivity index (χ3v) is 9.57. The maximum absolute atomic E-state index is 13.7. The van der Waals surface area contributed by atoms with Crippen LogP contribution in [0.4, 0.5) is 4.79 Å². The predicted molar refractivity (Wildman–Crippen MR) is 156 cm³/mol. The lowest BCUT2D eigenvalue weighted by molar-refractivity contribution is 0.0493. The van der Waals surface area contributed by atoms with E-state index < -0.39 is 5.97 Å². The molecule has 1 atom stereocenters. The Morgan fingerprint density at radius 1 is 1.05 bits per heavy atom. The van der Waals surface area contributed by atoms with E-state index in [9.17, 15) is 9.59 Å². The normalized spacial score (nSPS) is 21.4. The molecule has 5 rings (SSSR count). The first kappa shape index (κ1) is 28.9. The van der Waals surface area contributed by atoms with Crippen LogP contribution in [0.3, 0.4) is 0 Å². The number of pyridine rings is 1. The molecule has 0 saturated carbocycles. The Kier molecular flexibility index (Phi) is 9.65. The summed E-state index contributed by atoms with van der Waals surface area (Å²) in [7, 11) is 0. The number of carboxylic acid groups (broad SMARTS) is 1. The highest BCUT2D eigenvalue weighted by atomic mass is 32.2. The van der Waals surface area contributed by atoms with Crippen LogP contribution < -0.4 is 0 Å². The molecular formula is C31H42N4O4S. The monoisotopic (exact) mass is 566 g/mol. The van der Waals surface area contributed by atoms with E-state index in [-0.39, 0.29) is 11.6 Å². The molecule has 9 heteroatoms. The standard InChI is InChI=1S/C31H42N4O4S/c1-3-4-5-27-21-34(25-14-18-39-19-15-25)31(38)35(27)26-12-16-33(17-13-26)20-24-8-11-29(32-22(24)2)40-28-9-6-23(7-10-28)30(36)37/h6-11,25-27H,3-5,12-21H2,1-2H3,(H,36,37). The van der Waals surface area contributed by atoms with Gasteiger partial charge in [-0.1, -0.05) is 37.6 Å². The van der Waals surface area contributed by atoms with Crippen molar-refractivity contribution in [3.8, 4) is 0 Å². The van der Waals surface area contributed by atoms with Crippen LogP contribution in [0, 0.1) is 6.92 Å². The molecule has 1 N–H and O–H groups in total. The second-order valence-corrected chi connectivity index (χ2v) is 12.4. The SMILES string of the molecule is CCCCC1CN(C2CCOCC2)C(=O)N1C1CCN(Cc2ccc(Sc3ccc(C(=O)O)cc3)nc2C)CC1. The molecule has 2 amide bonds. The molecule has 216 valence electrons. The minimum atomic E-state index is -0.917. The summed E-state index contributed by atoms with van der Waals surface area (Å²) in [4.78, 5) is 37.5. The molecule has 1 aromatic carbocycles. The summed E-state index contributed by atoms with van der Waals surface area (Å²) in [5.74, 6) is -0.917. The van der Waals surface area contributed by atoms with Gasteiger partial charge in [0.15, 0.2) is 0 Å². The first-order chi connectivity index (χ1) is 19.4. The molecule has 1 unspecified atom stereocenters. The van der Waals surface area contributed by atoms with Crippen molar-refractivity contribution in [2.24, 2.45) is 0 Å². The number of aromatic nitrogens is 1. The van der Waals surface area contributed by atoms with Crippen molar-refractivity contribution in [3.63, 3.8) is 0 Å². The Bertz CT molecular complexity index is 1160. The van der Waals surface area contributed by atoms with Crippen LogP contribution in [-0.2, 0) is 11.3 Å². The van der Waals surface area contributed by atoms with Crippen LogP contribution in [0.2, 0.25) is 0 Å². The molecule has 3 saturated heterocycles. The van der Waals surface area contributed by atoms with Gasteiger partial charge in [0.2, 0.25) is 0 Å². The van der Waals surface area contributed by atoms with E-state index in [4.69, 9.17) is 14.8 Å². The maximum Gasteiger partial charge on any atom is 0.335 e. The number of carbonyl (C=O) groups is 2. The average molecular weight is 567 g/mol. The molecule has 8 nitrogen and oxygen atoms in total. The van der Waals surface area contributed by atoms with Crippen LogP contribution >= 0.6 is 11.8 Å². The number of rotatable bonds is 10. The van der Waals surface area contributed by atoms with E-state index in [0.717, 1.165) is 93.5 Å². The van der Waals surface area contributed by atoms with Crippen molar-refractivity contribution < 1.29 is 19.4 Å². The van der Waals surface area contributed by atoms with Gasteiger partial charge < -0.3 is 19.6 Å². The molecule has 3 aliphatic rings. The number of piperidine rings is 1. The Balaban J connectivity index is 1.16. The topological polar surface area (TPSA) is 86.2 Å². The number of nitrogens with zero attached hydrogens (tertiary/aromatic N) is 4. The van der Waals surface area contributed by atoms with Crippen molar-refractivity contribution >= 4 is 23.8 Å². The number of benzene rings is 1. The predicted octanol–water partition coefficient (Wildman–Crippen LogP) is 5.68. The lowest BCUT2D eigenvalue weighted by Crippen LogP contribution is -2.50. The first-order valence-corrected chi connectivity index (χ1v) is 15.6. The quantitative estimate of drug-likeness (QED) is 0.396. The minimum absolute atomic E-state index is 0.261. The van der Waals surface area contributed by atoms with Gasteiger partial charge in [0.25, 0.3) is 0 Å². The molecular weight excluding hydrogens is 524 g/mol. The third kappa shape index (κ3) is 6.81. The number of hydrogen-bond acceptors (Lipinski definition) is 6. The van der Waals surface area contributed by atoms with Crippen molar-refractivity contribution in [2.45, 2.75) is 93.4 Å². The molecule has 2 aromatic rings. The van der Waals surface area contributed by atoms with E-state index in [2.05, 4.69) is 40.7 Å². The molecule has 3 fully saturated rings. The van der Waals surface area contributed by atoms with E-state index in [0.29, 0.717) is 18.1 Å². The summed E-state index contributed by atoms with van der Waals surface area (Å²) < 4.78 is 5.56. The second kappa shape index (κ2) is 13.4. The van der Waals surface area contributed by atoms with Crippen molar-refractivity contribution in [1.82, 2.24) is 19.7 Å². The minimum Gasteiger partial charge on any atom is -0.478 e. The van der Waals surface area contributed by atoms with E-state index in [1.807, 2.05) is 12.1 Å². The molecule has 3 aliphatic heterocycles. The van der Waals surface area contributed by atoms with Crippen molar-refractivity contribution in [3.05, 3.63) is 53.2 Å². The van der Waals surface area contributed by atoms with Crippen LogP contribution in [-0.4, -0.2) is 87.8 Å². The second-order valence-electron chi connectivity index (χ2n) is 11.3. The van der Waals surface area contributed by atoms with Gasteiger partial charge in [-0.25, -0.2) is 14.6 Å². The number of likely N-dealkylation sites (tertiary alicyclic amines) is 1. The summed E-state index contributed by atoms with van der Waals surface area (Å²) in [5, 5.41) is 10.0. The van der Waals surface area contributed by atoms with Gasteiger partial charge in [0.1, 0.15) is 5.03 Å². The number of aromatic carboxylic acids is 1. The Hall–Kier alpha value is -2.62. The number of carboxylic acids is 1. The van der Waals surface area contributed by atoms with Crippen LogP contribution in [0.25, 0.3) is 0 Å². The molecule has 0 spiro atoms. The molecule has 0 bridgehead atoms. The fourth-order valence-corrected chi connectivity index (χ4v) is 7.13. The van der Waals surface area contributed by atoms with E-state index >= 15 is 0 Å². The summed E-state index contributed by atoms with van der Waals surface area (Å²) in [6.07, 6.45) is 7.38. The van der Waals surface area contributed by atoms with E-state index in [1.54, 1.807) is 23.9 Å². The Labute approximate surface area is 242 Å². The zero-order chi connectivity index (χ0) is 28.1. The Morgan fingerprint density at radius 3 is 2.42 bits per heavy atom. The molecule has 0 radical (unpaired) electrons. The number of hydrogen-bond donors (Lipinski definition) is 1. The van der Waals surface area contributed by atoms with Crippen LogP contribution in [0.1, 0.15) is 73.5 Å². The fourth-order valence-electron chi connectivity index (χ4n) is 6.30. The zero-order valence-electron chi connectivity index (χ0n) is 23.8. The van der Waals surface area contributed by atoms with Gasteiger partial charge in [-0.05, 0) is 74.9 Å². The van der Waals surface area contributed by atoms with Gasteiger partial charge in [0, 0.05) is 62.1 Å². The number of aryl methyl sites for hydroxylation is 1. The highest BCUT2D eigenvalue weighted by molar-refractivity contribution is 7.99. The number of carbonyl (C=O) groups excluding carboxylic acids is 1. The van der Waals surface area contributed by atoms with Gasteiger partial charge in [-0.2, -0.15) is 0 Å². The molecule has 4 heterocycles.